The third-order valence-corrected chi connectivity index (χ3v) is 4.21. The van der Waals surface area contributed by atoms with Gasteiger partial charge in [-0.3, -0.25) is 9.59 Å². The van der Waals surface area contributed by atoms with E-state index in [1.54, 1.807) is 0 Å². The van der Waals surface area contributed by atoms with E-state index in [4.69, 9.17) is 0 Å². The molecule has 1 amide bonds. The highest BCUT2D eigenvalue weighted by Gasteiger charge is 2.60. The average molecular weight is 288 g/mol. The molecule has 0 aromatic carbocycles. The van der Waals surface area contributed by atoms with Gasteiger partial charge in [0, 0.05) is 18.3 Å². The Morgan fingerprint density at radius 2 is 2.05 bits per heavy atom. The van der Waals surface area contributed by atoms with E-state index in [1.807, 2.05) is 13.0 Å². The van der Waals surface area contributed by atoms with E-state index in [2.05, 4.69) is 44.1 Å². The van der Waals surface area contributed by atoms with Crippen LogP contribution in [-0.2, 0) is 11.3 Å². The van der Waals surface area contributed by atoms with Crippen LogP contribution in [0.5, 0.6) is 0 Å². The summed E-state index contributed by atoms with van der Waals surface area (Å²) >= 11 is 0. The molecule has 1 aromatic heterocycles. The van der Waals surface area contributed by atoms with Gasteiger partial charge in [0.2, 0.25) is 11.5 Å². The second-order valence-corrected chi connectivity index (χ2v) is 6.82. The van der Waals surface area contributed by atoms with Crippen LogP contribution in [0.1, 0.15) is 39.0 Å². The van der Waals surface area contributed by atoms with Crippen LogP contribution >= 0.6 is 0 Å². The van der Waals surface area contributed by atoms with Crippen LogP contribution in [0.4, 0.5) is 0 Å². The van der Waals surface area contributed by atoms with Crippen LogP contribution in [0, 0.1) is 24.2 Å². The Morgan fingerprint density at radius 3 is 2.62 bits per heavy atom. The second kappa shape index (κ2) is 5.51. The number of H-pyrrole nitrogens is 1. The SMILES string of the molecule is CC(C)=CC1C(C(=O)NCc2cc(C)[nH]c(=O)c2)C1(C)C. The zero-order valence-electron chi connectivity index (χ0n) is 13.4. The van der Waals surface area contributed by atoms with Crippen LogP contribution < -0.4 is 10.9 Å². The minimum Gasteiger partial charge on any atom is -0.352 e. The minimum atomic E-state index is -0.131. The van der Waals surface area contributed by atoms with Crippen molar-refractivity contribution in [1.29, 1.82) is 0 Å². The molecule has 0 aliphatic heterocycles. The standard InChI is InChI=1S/C17H24N2O2/c1-10(2)6-13-15(17(13,4)5)16(21)18-9-12-7-11(3)19-14(20)8-12/h6-8,13,15H,9H2,1-5H3,(H,18,21)(H,19,20). The van der Waals surface area contributed by atoms with Gasteiger partial charge in [-0.25, -0.2) is 0 Å². The predicted molar refractivity (Wildman–Crippen MR) is 83.8 cm³/mol. The van der Waals surface area contributed by atoms with Gasteiger partial charge >= 0.3 is 0 Å². The van der Waals surface area contributed by atoms with Crippen molar-refractivity contribution in [2.75, 3.05) is 0 Å². The van der Waals surface area contributed by atoms with Crippen molar-refractivity contribution in [2.45, 2.75) is 41.2 Å². The summed E-state index contributed by atoms with van der Waals surface area (Å²) in [5.41, 5.74) is 2.77. The van der Waals surface area contributed by atoms with Crippen molar-refractivity contribution in [1.82, 2.24) is 10.3 Å². The number of rotatable bonds is 4. The van der Waals surface area contributed by atoms with Crippen molar-refractivity contribution in [3.05, 3.63) is 45.4 Å². The largest absolute Gasteiger partial charge is 0.352 e. The number of nitrogens with one attached hydrogen (secondary N) is 2. The number of hydrogen-bond acceptors (Lipinski definition) is 2. The summed E-state index contributed by atoms with van der Waals surface area (Å²) in [5, 5.41) is 2.95. The number of carbonyl (C=O) groups excluding carboxylic acids is 1. The van der Waals surface area contributed by atoms with Gasteiger partial charge in [0.1, 0.15) is 0 Å². The lowest BCUT2D eigenvalue weighted by Crippen LogP contribution is -2.27. The molecule has 0 radical (unpaired) electrons. The van der Waals surface area contributed by atoms with Crippen molar-refractivity contribution < 1.29 is 4.79 Å². The molecule has 2 rings (SSSR count). The summed E-state index contributed by atoms with van der Waals surface area (Å²) in [6.07, 6.45) is 2.18. The number of amides is 1. The molecule has 2 N–H and O–H groups in total. The number of hydrogen-bond donors (Lipinski definition) is 2. The molecule has 1 aliphatic carbocycles. The van der Waals surface area contributed by atoms with Crippen LogP contribution in [0.25, 0.3) is 0 Å². The predicted octanol–water partition coefficient (Wildman–Crippen LogP) is 2.54. The first-order valence-corrected chi connectivity index (χ1v) is 7.34. The molecule has 1 heterocycles. The van der Waals surface area contributed by atoms with E-state index in [-0.39, 0.29) is 22.8 Å². The fraction of sp³-hybridized carbons (Fsp3) is 0.529. The van der Waals surface area contributed by atoms with Gasteiger partial charge in [-0.15, -0.1) is 0 Å². The van der Waals surface area contributed by atoms with E-state index in [0.717, 1.165) is 11.3 Å². The quantitative estimate of drug-likeness (QED) is 0.836. The zero-order chi connectivity index (χ0) is 15.8. The summed E-state index contributed by atoms with van der Waals surface area (Å²) in [6.45, 7) is 10.6. The number of aryl methyl sites for hydroxylation is 1. The number of carbonyl (C=O) groups is 1. The van der Waals surface area contributed by atoms with Crippen molar-refractivity contribution in [3.8, 4) is 0 Å². The molecular weight excluding hydrogens is 264 g/mol. The summed E-state index contributed by atoms with van der Waals surface area (Å²) in [6, 6.07) is 3.41. The highest BCUT2D eigenvalue weighted by Crippen LogP contribution is 2.59. The normalized spacial score (nSPS) is 22.5. The Balaban J connectivity index is 2.00. The average Bonchev–Trinajstić information content (AvgIpc) is 2.85. The molecule has 4 nitrogen and oxygen atoms in total. The summed E-state index contributed by atoms with van der Waals surface area (Å²) in [4.78, 5) is 26.4. The monoisotopic (exact) mass is 288 g/mol. The van der Waals surface area contributed by atoms with Crippen molar-refractivity contribution in [2.24, 2.45) is 17.3 Å². The summed E-state index contributed by atoms with van der Waals surface area (Å²) < 4.78 is 0. The first-order chi connectivity index (χ1) is 9.71. The van der Waals surface area contributed by atoms with E-state index >= 15 is 0 Å². The number of aromatic amines is 1. The van der Waals surface area contributed by atoms with E-state index < -0.39 is 0 Å². The molecule has 1 fully saturated rings. The van der Waals surface area contributed by atoms with Gasteiger partial charge in [0.05, 0.1) is 5.92 Å². The Hall–Kier alpha value is -1.84. The molecule has 2 atom stereocenters. The van der Waals surface area contributed by atoms with Crippen LogP contribution in [0.2, 0.25) is 0 Å². The van der Waals surface area contributed by atoms with Gasteiger partial charge in [-0.2, -0.15) is 0 Å². The van der Waals surface area contributed by atoms with Gasteiger partial charge in [-0.05, 0) is 43.7 Å². The van der Waals surface area contributed by atoms with Gasteiger partial charge in [-0.1, -0.05) is 25.5 Å². The third kappa shape index (κ3) is 3.43. The molecule has 0 bridgehead atoms. The summed E-state index contributed by atoms with van der Waals surface area (Å²) in [5.74, 6) is 0.402. The lowest BCUT2D eigenvalue weighted by Gasteiger charge is -2.06. The number of aromatic nitrogens is 1. The third-order valence-electron chi connectivity index (χ3n) is 4.21. The van der Waals surface area contributed by atoms with Crippen LogP contribution in [-0.4, -0.2) is 10.9 Å². The minimum absolute atomic E-state index is 0.0193. The second-order valence-electron chi connectivity index (χ2n) is 6.82. The number of allylic oxidation sites excluding steroid dienone is 2. The molecule has 1 aromatic rings. The summed E-state index contributed by atoms with van der Waals surface area (Å²) in [7, 11) is 0. The highest BCUT2D eigenvalue weighted by molar-refractivity contribution is 5.83. The topological polar surface area (TPSA) is 62.0 Å². The fourth-order valence-corrected chi connectivity index (χ4v) is 3.00. The maximum absolute atomic E-state index is 12.3. The Labute approximate surface area is 125 Å². The fourth-order valence-electron chi connectivity index (χ4n) is 3.00. The Kier molecular flexibility index (Phi) is 4.08. The van der Waals surface area contributed by atoms with Crippen molar-refractivity contribution >= 4 is 5.91 Å². The number of pyridine rings is 1. The first kappa shape index (κ1) is 15.5. The molecule has 114 valence electrons. The molecule has 4 heteroatoms. The first-order valence-electron chi connectivity index (χ1n) is 7.34. The Bertz CT molecular complexity index is 636. The van der Waals surface area contributed by atoms with Crippen LogP contribution in [0.3, 0.4) is 0 Å². The molecular formula is C17H24N2O2. The van der Waals surface area contributed by atoms with Gasteiger partial charge in [0.25, 0.3) is 0 Å². The van der Waals surface area contributed by atoms with Crippen molar-refractivity contribution in [3.63, 3.8) is 0 Å². The van der Waals surface area contributed by atoms with E-state index in [0.29, 0.717) is 12.5 Å². The maximum Gasteiger partial charge on any atom is 0.248 e. The molecule has 0 saturated heterocycles. The van der Waals surface area contributed by atoms with E-state index in [1.165, 1.54) is 11.6 Å². The highest BCUT2D eigenvalue weighted by atomic mass is 16.2. The van der Waals surface area contributed by atoms with E-state index in [9.17, 15) is 9.59 Å². The molecule has 21 heavy (non-hydrogen) atoms. The maximum atomic E-state index is 12.3. The molecule has 1 saturated carbocycles. The van der Waals surface area contributed by atoms with Gasteiger partial charge in [0.15, 0.2) is 0 Å². The molecule has 0 spiro atoms. The lowest BCUT2D eigenvalue weighted by atomic mass is 10.1. The zero-order valence-corrected chi connectivity index (χ0v) is 13.4. The lowest BCUT2D eigenvalue weighted by molar-refractivity contribution is -0.123. The smallest absolute Gasteiger partial charge is 0.248 e. The van der Waals surface area contributed by atoms with Crippen LogP contribution in [0.15, 0.2) is 28.6 Å². The van der Waals surface area contributed by atoms with Gasteiger partial charge < -0.3 is 10.3 Å². The molecule has 1 aliphatic rings. The molecule has 2 unspecified atom stereocenters. The Morgan fingerprint density at radius 1 is 1.38 bits per heavy atom.